The molecule has 70 heavy (non-hydrogen) atoms. The van der Waals surface area contributed by atoms with Crippen LogP contribution in [0.4, 0.5) is 0 Å². The number of rotatable bonds is 3. The maximum Gasteiger partial charge on any atom is 0.0995 e. The Hall–Kier alpha value is -9.02. The molecule has 0 radical (unpaired) electrons. The summed E-state index contributed by atoms with van der Waals surface area (Å²) >= 11 is 0. The third-order valence-corrected chi connectivity index (χ3v) is 17.6. The summed E-state index contributed by atoms with van der Waals surface area (Å²) < 4.78 is 2.46. The standard InChI is InChI=1S/C67H37N3/c68-34-42-32-54-60(62-56(42)58-44-19-7-9-21-46(44)59(62)47-22-10-8-20-45(47)58)50-30-41(40-28-38(36-15-3-1-4-16-36)27-39(29-40)37-17-5-2-6-18-37)31-51-61-55(70(54)66(50)51)33-43(35-69)57-63(61)65-49-24-12-14-26-53(49)67(65)52-25-13-11-23-48(52)64(57)67/h1-33,58-59,64-65H. The van der Waals surface area contributed by atoms with Crippen molar-refractivity contribution in [3.05, 3.63) is 278 Å². The SMILES string of the molecule is N#Cc1cc2c(c3c1C1c4ccccc4C3c3ccccc31)c1cc(-c3cc(-c4ccccc4)cc(-c4ccccc4)c3)cc3c4c5c(c(C#N)cc4n2c13)C1c2ccccc2C12c1ccccc1C52. The van der Waals surface area contributed by atoms with Gasteiger partial charge in [-0.05, 0) is 143 Å². The molecule has 6 aliphatic carbocycles. The first-order valence-electron chi connectivity index (χ1n) is 24.5. The van der Waals surface area contributed by atoms with Gasteiger partial charge in [-0.25, -0.2) is 0 Å². The second-order valence-electron chi connectivity index (χ2n) is 20.3. The molecule has 2 aromatic heterocycles. The largest absolute Gasteiger partial charge is 0.308 e. The summed E-state index contributed by atoms with van der Waals surface area (Å²) in [6, 6.07) is 79.3. The van der Waals surface area contributed by atoms with Crippen LogP contribution in [0.1, 0.15) is 102 Å². The molecule has 2 bridgehead atoms. The van der Waals surface area contributed by atoms with E-state index in [9.17, 15) is 10.5 Å². The molecule has 0 saturated carbocycles. The lowest BCUT2D eigenvalue weighted by Gasteiger charge is -2.58. The number of hydrogen-bond acceptors (Lipinski definition) is 2. The van der Waals surface area contributed by atoms with Crippen molar-refractivity contribution in [2.75, 3.05) is 0 Å². The first kappa shape index (κ1) is 37.0. The first-order valence-corrected chi connectivity index (χ1v) is 24.5. The molecule has 0 saturated heterocycles. The predicted molar refractivity (Wildman–Crippen MR) is 279 cm³/mol. The summed E-state index contributed by atoms with van der Waals surface area (Å²) in [5.74, 6) is 0.0963. The third kappa shape index (κ3) is 4.13. The highest BCUT2D eigenvalue weighted by molar-refractivity contribution is 6.27. The molecule has 18 rings (SSSR count). The van der Waals surface area contributed by atoms with Crippen molar-refractivity contribution in [2.45, 2.75) is 29.1 Å². The maximum atomic E-state index is 11.4. The Morgan fingerprint density at radius 2 is 0.743 bits per heavy atom. The highest BCUT2D eigenvalue weighted by Gasteiger charge is 2.70. The average molecular weight is 884 g/mol. The molecule has 2 heterocycles. The van der Waals surface area contributed by atoms with Crippen LogP contribution in [0.15, 0.2) is 200 Å². The Morgan fingerprint density at radius 1 is 0.357 bits per heavy atom. The van der Waals surface area contributed by atoms with Crippen molar-refractivity contribution in [3.63, 3.8) is 0 Å². The zero-order valence-corrected chi connectivity index (χ0v) is 37.7. The molecule has 0 fully saturated rings. The van der Waals surface area contributed by atoms with Crippen LogP contribution in [-0.4, -0.2) is 4.40 Å². The molecular formula is C67H37N3. The van der Waals surface area contributed by atoms with E-state index < -0.39 is 0 Å². The van der Waals surface area contributed by atoms with Gasteiger partial charge in [0.05, 0.1) is 39.8 Å². The number of nitrogens with zero attached hydrogens (tertiary/aromatic N) is 3. The van der Waals surface area contributed by atoms with Gasteiger partial charge in [0, 0.05) is 50.6 Å². The topological polar surface area (TPSA) is 52.0 Å². The average Bonchev–Trinajstić information content (AvgIpc) is 4.01. The van der Waals surface area contributed by atoms with E-state index in [1.54, 1.807) is 0 Å². The van der Waals surface area contributed by atoms with Crippen LogP contribution in [0.2, 0.25) is 0 Å². The fourth-order valence-corrected chi connectivity index (χ4v) is 15.2. The Bertz CT molecular complexity index is 4360. The van der Waals surface area contributed by atoms with Gasteiger partial charge in [-0.15, -0.1) is 0 Å². The number of hydrogen-bond donors (Lipinski definition) is 0. The molecule has 0 N–H and O–H groups in total. The minimum absolute atomic E-state index is 0.0468. The molecule has 320 valence electrons. The Morgan fingerprint density at radius 3 is 1.24 bits per heavy atom. The van der Waals surface area contributed by atoms with E-state index in [4.69, 9.17) is 0 Å². The van der Waals surface area contributed by atoms with Gasteiger partial charge in [0.25, 0.3) is 0 Å². The Balaban J connectivity index is 1.06. The minimum atomic E-state index is -0.214. The fourth-order valence-electron chi connectivity index (χ4n) is 15.2. The molecule has 12 aromatic rings. The number of fused-ring (bicyclic) bond motifs is 14. The molecule has 0 amide bonds. The highest BCUT2D eigenvalue weighted by Crippen LogP contribution is 2.78. The zero-order valence-electron chi connectivity index (χ0n) is 37.7. The van der Waals surface area contributed by atoms with E-state index >= 15 is 0 Å². The van der Waals surface area contributed by atoms with Gasteiger partial charge in [0.2, 0.25) is 0 Å². The highest BCUT2D eigenvalue weighted by atomic mass is 14.9. The van der Waals surface area contributed by atoms with Gasteiger partial charge in [0.15, 0.2) is 0 Å². The monoisotopic (exact) mass is 883 g/mol. The van der Waals surface area contributed by atoms with Crippen LogP contribution in [0.5, 0.6) is 0 Å². The van der Waals surface area contributed by atoms with Crippen LogP contribution in [0, 0.1) is 22.7 Å². The van der Waals surface area contributed by atoms with Crippen molar-refractivity contribution in [2.24, 2.45) is 0 Å². The first-order chi connectivity index (χ1) is 34.7. The Kier molecular flexibility index (Phi) is 6.74. The van der Waals surface area contributed by atoms with E-state index in [1.165, 1.54) is 105 Å². The van der Waals surface area contributed by atoms with E-state index in [2.05, 4.69) is 217 Å². The summed E-state index contributed by atoms with van der Waals surface area (Å²) in [6.45, 7) is 0. The summed E-state index contributed by atoms with van der Waals surface area (Å²) in [6.07, 6.45) is 0. The third-order valence-electron chi connectivity index (χ3n) is 17.6. The Labute approximate surface area is 403 Å². The minimum Gasteiger partial charge on any atom is -0.308 e. The molecule has 6 aliphatic rings. The molecular weight excluding hydrogens is 847 g/mol. The number of nitriles is 2. The van der Waals surface area contributed by atoms with Crippen molar-refractivity contribution < 1.29 is 0 Å². The molecule has 3 unspecified atom stereocenters. The van der Waals surface area contributed by atoms with Crippen molar-refractivity contribution in [3.8, 4) is 45.5 Å². The smallest absolute Gasteiger partial charge is 0.0995 e. The van der Waals surface area contributed by atoms with Gasteiger partial charge in [0.1, 0.15) is 0 Å². The van der Waals surface area contributed by atoms with Gasteiger partial charge in [-0.2, -0.15) is 10.5 Å². The number of aromatic nitrogens is 1. The maximum absolute atomic E-state index is 11.4. The van der Waals surface area contributed by atoms with Crippen LogP contribution >= 0.6 is 0 Å². The molecule has 1 spiro atoms. The normalized spacial score (nSPS) is 20.0. The van der Waals surface area contributed by atoms with E-state index in [0.717, 1.165) is 44.4 Å². The van der Waals surface area contributed by atoms with Crippen LogP contribution < -0.4 is 0 Å². The van der Waals surface area contributed by atoms with Crippen LogP contribution in [0.3, 0.4) is 0 Å². The lowest BCUT2D eigenvalue weighted by Crippen LogP contribution is -2.52. The molecule has 10 aromatic carbocycles. The molecule has 3 atom stereocenters. The fraction of sp³-hybridized carbons (Fsp3) is 0.0746. The quantitative estimate of drug-likeness (QED) is 0.177. The molecule has 0 aliphatic heterocycles. The van der Waals surface area contributed by atoms with Gasteiger partial charge < -0.3 is 4.40 Å². The van der Waals surface area contributed by atoms with Crippen molar-refractivity contribution in [1.29, 1.82) is 10.5 Å². The number of benzene rings is 10. The van der Waals surface area contributed by atoms with Gasteiger partial charge in [-0.1, -0.05) is 158 Å². The molecule has 3 nitrogen and oxygen atoms in total. The van der Waals surface area contributed by atoms with E-state index in [0.29, 0.717) is 0 Å². The van der Waals surface area contributed by atoms with Gasteiger partial charge in [-0.3, -0.25) is 0 Å². The van der Waals surface area contributed by atoms with Crippen LogP contribution in [0.25, 0.3) is 71.5 Å². The second-order valence-corrected chi connectivity index (χ2v) is 20.3. The summed E-state index contributed by atoms with van der Waals surface area (Å²) in [5.41, 5.74) is 27.1. The van der Waals surface area contributed by atoms with Crippen molar-refractivity contribution in [1.82, 2.24) is 4.40 Å². The summed E-state index contributed by atoms with van der Waals surface area (Å²) in [7, 11) is 0. The summed E-state index contributed by atoms with van der Waals surface area (Å²) in [5, 5.41) is 27.6. The van der Waals surface area contributed by atoms with Gasteiger partial charge >= 0.3 is 0 Å². The molecule has 3 heteroatoms. The lowest BCUT2D eigenvalue weighted by molar-refractivity contribution is 0.333. The van der Waals surface area contributed by atoms with E-state index in [1.807, 2.05) is 0 Å². The predicted octanol–water partition coefficient (Wildman–Crippen LogP) is 15.5. The lowest BCUT2D eigenvalue weighted by atomic mass is 9.43. The summed E-state index contributed by atoms with van der Waals surface area (Å²) in [4.78, 5) is 0. The zero-order chi connectivity index (χ0) is 45.7. The second kappa shape index (κ2) is 12.7. The van der Waals surface area contributed by atoms with E-state index in [-0.39, 0.29) is 29.1 Å². The van der Waals surface area contributed by atoms with Crippen molar-refractivity contribution >= 4 is 38.1 Å². The van der Waals surface area contributed by atoms with Crippen LogP contribution in [-0.2, 0) is 5.41 Å².